The molecule has 3 nitrogen and oxygen atoms in total. The molecular weight excluding hydrogens is 168 g/mol. The van der Waals surface area contributed by atoms with E-state index in [0.29, 0.717) is 12.5 Å². The van der Waals surface area contributed by atoms with Crippen molar-refractivity contribution in [2.24, 2.45) is 5.92 Å². The molecule has 0 amide bonds. The van der Waals surface area contributed by atoms with Gasteiger partial charge in [-0.15, -0.1) is 0 Å². The summed E-state index contributed by atoms with van der Waals surface area (Å²) < 4.78 is 9.79. The summed E-state index contributed by atoms with van der Waals surface area (Å²) in [4.78, 5) is 10.8. The lowest BCUT2D eigenvalue weighted by Gasteiger charge is -2.27. The molecule has 0 aromatic carbocycles. The van der Waals surface area contributed by atoms with Gasteiger partial charge in [-0.05, 0) is 12.3 Å². The zero-order valence-electron chi connectivity index (χ0n) is 8.41. The summed E-state index contributed by atoms with van der Waals surface area (Å²) in [7, 11) is 0. The van der Waals surface area contributed by atoms with Crippen LogP contribution in [0.25, 0.3) is 0 Å². The van der Waals surface area contributed by atoms with Crippen molar-refractivity contribution in [1.82, 2.24) is 0 Å². The van der Waals surface area contributed by atoms with Gasteiger partial charge in [0.05, 0.1) is 6.61 Å². The summed E-state index contributed by atoms with van der Waals surface area (Å²) in [5, 5.41) is 0. The largest absolute Gasteiger partial charge is 0.508 e. The summed E-state index contributed by atoms with van der Waals surface area (Å²) in [6, 6.07) is 0. The van der Waals surface area contributed by atoms with Crippen molar-refractivity contribution in [2.75, 3.05) is 6.61 Å². The lowest BCUT2D eigenvalue weighted by atomic mass is 9.96. The van der Waals surface area contributed by atoms with Gasteiger partial charge in [-0.2, -0.15) is 0 Å². The first-order valence-corrected chi connectivity index (χ1v) is 5.07. The maximum absolute atomic E-state index is 10.8. The molecule has 2 unspecified atom stereocenters. The molecule has 0 bridgehead atoms. The second kappa shape index (κ2) is 5.10. The lowest BCUT2D eigenvalue weighted by Crippen LogP contribution is -2.32. The quantitative estimate of drug-likeness (QED) is 0.633. The smallest absolute Gasteiger partial charge is 0.434 e. The SMILES string of the molecule is CCCCC(C)C1CCOC(=O)O1. The zero-order valence-corrected chi connectivity index (χ0v) is 8.41. The van der Waals surface area contributed by atoms with Gasteiger partial charge in [0.1, 0.15) is 6.10 Å². The highest BCUT2D eigenvalue weighted by Crippen LogP contribution is 2.21. The third-order valence-electron chi connectivity index (χ3n) is 2.52. The Morgan fingerprint density at radius 1 is 1.62 bits per heavy atom. The van der Waals surface area contributed by atoms with Crippen LogP contribution in [0.2, 0.25) is 0 Å². The van der Waals surface area contributed by atoms with Crippen LogP contribution in [0.1, 0.15) is 39.5 Å². The second-order valence-electron chi connectivity index (χ2n) is 3.66. The molecule has 1 aliphatic rings. The lowest BCUT2D eigenvalue weighted by molar-refractivity contribution is -0.0428. The minimum atomic E-state index is -0.500. The third kappa shape index (κ3) is 3.25. The van der Waals surface area contributed by atoms with Gasteiger partial charge in [0.15, 0.2) is 0 Å². The maximum Gasteiger partial charge on any atom is 0.508 e. The van der Waals surface area contributed by atoms with E-state index in [4.69, 9.17) is 9.47 Å². The molecule has 76 valence electrons. The van der Waals surface area contributed by atoms with Crippen LogP contribution in [0.4, 0.5) is 4.79 Å². The highest BCUT2D eigenvalue weighted by molar-refractivity contribution is 5.60. The molecule has 1 fully saturated rings. The van der Waals surface area contributed by atoms with Gasteiger partial charge in [0.25, 0.3) is 0 Å². The standard InChI is InChI=1S/C10H18O3/c1-3-4-5-8(2)9-6-7-12-10(11)13-9/h8-9H,3-7H2,1-2H3. The van der Waals surface area contributed by atoms with Gasteiger partial charge >= 0.3 is 6.16 Å². The van der Waals surface area contributed by atoms with Crippen molar-refractivity contribution in [2.45, 2.75) is 45.6 Å². The summed E-state index contributed by atoms with van der Waals surface area (Å²) in [5.74, 6) is 0.466. The highest BCUT2D eigenvalue weighted by atomic mass is 16.7. The second-order valence-corrected chi connectivity index (χ2v) is 3.66. The van der Waals surface area contributed by atoms with Crippen LogP contribution in [0, 0.1) is 5.92 Å². The van der Waals surface area contributed by atoms with Gasteiger partial charge in [0, 0.05) is 6.42 Å². The Kier molecular flexibility index (Phi) is 4.06. The van der Waals surface area contributed by atoms with Crippen molar-refractivity contribution in [3.05, 3.63) is 0 Å². The molecule has 0 saturated carbocycles. The van der Waals surface area contributed by atoms with Crippen LogP contribution in [-0.2, 0) is 9.47 Å². The summed E-state index contributed by atoms with van der Waals surface area (Å²) in [6.45, 7) is 4.82. The van der Waals surface area contributed by atoms with Crippen LogP contribution in [0.5, 0.6) is 0 Å². The van der Waals surface area contributed by atoms with Crippen LogP contribution in [0.3, 0.4) is 0 Å². The van der Waals surface area contributed by atoms with Crippen LogP contribution in [0.15, 0.2) is 0 Å². The number of carbonyl (C=O) groups is 1. The number of hydrogen-bond acceptors (Lipinski definition) is 3. The Hall–Kier alpha value is -0.730. The summed E-state index contributed by atoms with van der Waals surface area (Å²) in [6.07, 6.45) is 3.95. The molecule has 1 heterocycles. The minimum Gasteiger partial charge on any atom is -0.434 e. The van der Waals surface area contributed by atoms with E-state index < -0.39 is 6.16 Å². The average Bonchev–Trinajstić information content (AvgIpc) is 2.14. The van der Waals surface area contributed by atoms with Crippen LogP contribution < -0.4 is 0 Å². The van der Waals surface area contributed by atoms with Crippen molar-refractivity contribution in [3.63, 3.8) is 0 Å². The number of rotatable bonds is 4. The van der Waals surface area contributed by atoms with Crippen LogP contribution >= 0.6 is 0 Å². The number of hydrogen-bond donors (Lipinski definition) is 0. The molecule has 1 aliphatic heterocycles. The first-order valence-electron chi connectivity index (χ1n) is 5.07. The number of unbranched alkanes of at least 4 members (excludes halogenated alkanes) is 1. The molecule has 1 rings (SSSR count). The Bertz CT molecular complexity index is 168. The summed E-state index contributed by atoms with van der Waals surface area (Å²) >= 11 is 0. The minimum absolute atomic E-state index is 0.0767. The number of cyclic esters (lactones) is 2. The summed E-state index contributed by atoms with van der Waals surface area (Å²) in [5.41, 5.74) is 0. The first-order chi connectivity index (χ1) is 6.24. The van der Waals surface area contributed by atoms with Gasteiger partial charge in [-0.3, -0.25) is 0 Å². The molecule has 0 aliphatic carbocycles. The molecular formula is C10H18O3. The van der Waals surface area contributed by atoms with E-state index in [2.05, 4.69) is 13.8 Å². The molecule has 2 atom stereocenters. The van der Waals surface area contributed by atoms with E-state index >= 15 is 0 Å². The van der Waals surface area contributed by atoms with E-state index in [0.717, 1.165) is 12.8 Å². The Balaban J connectivity index is 2.28. The van der Waals surface area contributed by atoms with E-state index in [9.17, 15) is 4.79 Å². The molecule has 0 radical (unpaired) electrons. The fraction of sp³-hybridized carbons (Fsp3) is 0.900. The van der Waals surface area contributed by atoms with Gasteiger partial charge in [-0.25, -0.2) is 4.79 Å². The molecule has 0 N–H and O–H groups in total. The Morgan fingerprint density at radius 2 is 2.38 bits per heavy atom. The van der Waals surface area contributed by atoms with Crippen molar-refractivity contribution < 1.29 is 14.3 Å². The number of ether oxygens (including phenoxy) is 2. The molecule has 3 heteroatoms. The van der Waals surface area contributed by atoms with Crippen molar-refractivity contribution >= 4 is 6.16 Å². The van der Waals surface area contributed by atoms with E-state index in [-0.39, 0.29) is 6.10 Å². The molecule has 0 aromatic rings. The normalized spacial score (nSPS) is 24.8. The number of carbonyl (C=O) groups excluding carboxylic acids is 1. The molecule has 0 aromatic heterocycles. The monoisotopic (exact) mass is 186 g/mol. The Morgan fingerprint density at radius 3 is 3.00 bits per heavy atom. The third-order valence-corrected chi connectivity index (χ3v) is 2.52. The van der Waals surface area contributed by atoms with Gasteiger partial charge in [-0.1, -0.05) is 26.7 Å². The highest BCUT2D eigenvalue weighted by Gasteiger charge is 2.26. The predicted molar refractivity (Wildman–Crippen MR) is 49.5 cm³/mol. The van der Waals surface area contributed by atoms with E-state index in [1.54, 1.807) is 0 Å². The molecule has 0 spiro atoms. The fourth-order valence-electron chi connectivity index (χ4n) is 1.59. The first kappa shape index (κ1) is 10.4. The van der Waals surface area contributed by atoms with E-state index in [1.165, 1.54) is 12.8 Å². The van der Waals surface area contributed by atoms with Crippen LogP contribution in [-0.4, -0.2) is 18.9 Å². The van der Waals surface area contributed by atoms with E-state index in [1.807, 2.05) is 0 Å². The predicted octanol–water partition coefficient (Wildman–Crippen LogP) is 2.74. The average molecular weight is 186 g/mol. The van der Waals surface area contributed by atoms with Gasteiger partial charge < -0.3 is 9.47 Å². The zero-order chi connectivity index (χ0) is 9.68. The Labute approximate surface area is 79.4 Å². The fourth-order valence-corrected chi connectivity index (χ4v) is 1.59. The molecule has 1 saturated heterocycles. The van der Waals surface area contributed by atoms with Crippen molar-refractivity contribution in [1.29, 1.82) is 0 Å². The molecule has 13 heavy (non-hydrogen) atoms. The van der Waals surface area contributed by atoms with Gasteiger partial charge in [0.2, 0.25) is 0 Å². The van der Waals surface area contributed by atoms with Crippen molar-refractivity contribution in [3.8, 4) is 0 Å². The topological polar surface area (TPSA) is 35.5 Å². The maximum atomic E-state index is 10.8.